The number of ketones is 1. The van der Waals surface area contributed by atoms with Gasteiger partial charge in [-0.15, -0.1) is 0 Å². The molecule has 0 spiro atoms. The second kappa shape index (κ2) is 7.97. The predicted molar refractivity (Wildman–Crippen MR) is 82.8 cm³/mol. The molecule has 0 aliphatic rings. The van der Waals surface area contributed by atoms with Gasteiger partial charge in [0.05, 0.1) is 20.5 Å². The molecule has 1 aromatic carbocycles. The van der Waals surface area contributed by atoms with Crippen LogP contribution in [-0.4, -0.2) is 26.6 Å². The summed E-state index contributed by atoms with van der Waals surface area (Å²) < 4.78 is 44.5. The van der Waals surface area contributed by atoms with Crippen molar-refractivity contribution in [2.75, 3.05) is 14.2 Å². The molecule has 0 fully saturated rings. The maximum absolute atomic E-state index is 12.5. The highest BCUT2D eigenvalue weighted by molar-refractivity contribution is 6.12. The van der Waals surface area contributed by atoms with Gasteiger partial charge in [-0.1, -0.05) is 0 Å². The van der Waals surface area contributed by atoms with E-state index in [2.05, 4.69) is 4.74 Å². The molecular weight excluding hydrogens is 336 g/mol. The predicted octanol–water partition coefficient (Wildman–Crippen LogP) is 3.69. The van der Waals surface area contributed by atoms with Gasteiger partial charge in [-0.05, 0) is 35.9 Å². The molecule has 1 aromatic heterocycles. The third kappa shape index (κ3) is 4.14. The number of hydrogen-bond acceptors (Lipinski definition) is 6. The summed E-state index contributed by atoms with van der Waals surface area (Å²) in [5, 5.41) is 9.22. The van der Waals surface area contributed by atoms with E-state index in [0.717, 1.165) is 0 Å². The Labute approximate surface area is 141 Å². The van der Waals surface area contributed by atoms with Crippen LogP contribution < -0.4 is 14.2 Å². The molecule has 0 amide bonds. The standard InChI is InChI=1S/C17H13F2NO5/c1-22-13-7-10(8-14(23-2)16(13)25-17(18)19)6-11(9-20)15(21)12-4-3-5-24-12/h3-8,17H,1-2H3/b11-6+. The number of hydrogen-bond donors (Lipinski definition) is 0. The molecule has 6 nitrogen and oxygen atoms in total. The van der Waals surface area contributed by atoms with Gasteiger partial charge in [-0.2, -0.15) is 14.0 Å². The molecule has 0 aliphatic carbocycles. The summed E-state index contributed by atoms with van der Waals surface area (Å²) in [4.78, 5) is 12.2. The lowest BCUT2D eigenvalue weighted by molar-refractivity contribution is -0.0526. The number of ether oxygens (including phenoxy) is 3. The van der Waals surface area contributed by atoms with Gasteiger partial charge < -0.3 is 18.6 Å². The quantitative estimate of drug-likeness (QED) is 0.431. The zero-order chi connectivity index (χ0) is 18.4. The molecule has 130 valence electrons. The van der Waals surface area contributed by atoms with E-state index >= 15 is 0 Å². The number of furan rings is 1. The zero-order valence-corrected chi connectivity index (χ0v) is 13.3. The minimum atomic E-state index is -3.07. The average molecular weight is 349 g/mol. The molecule has 2 aromatic rings. The number of allylic oxidation sites excluding steroid dienone is 1. The van der Waals surface area contributed by atoms with Crippen molar-refractivity contribution >= 4 is 11.9 Å². The van der Waals surface area contributed by atoms with Crippen LogP contribution in [0, 0.1) is 11.3 Å². The van der Waals surface area contributed by atoms with Crippen molar-refractivity contribution in [1.29, 1.82) is 5.26 Å². The lowest BCUT2D eigenvalue weighted by Gasteiger charge is -2.14. The molecule has 0 N–H and O–H groups in total. The Morgan fingerprint density at radius 1 is 1.28 bits per heavy atom. The molecule has 0 saturated heterocycles. The van der Waals surface area contributed by atoms with Crippen molar-refractivity contribution in [3.8, 4) is 23.3 Å². The van der Waals surface area contributed by atoms with Gasteiger partial charge in [0.15, 0.2) is 17.3 Å². The van der Waals surface area contributed by atoms with Crippen molar-refractivity contribution < 1.29 is 32.2 Å². The topological polar surface area (TPSA) is 81.7 Å². The van der Waals surface area contributed by atoms with Gasteiger partial charge >= 0.3 is 6.61 Å². The Morgan fingerprint density at radius 2 is 1.92 bits per heavy atom. The van der Waals surface area contributed by atoms with Gasteiger partial charge in [0.2, 0.25) is 11.5 Å². The van der Waals surface area contributed by atoms with Crippen molar-refractivity contribution in [2.45, 2.75) is 6.61 Å². The number of methoxy groups -OCH3 is 2. The highest BCUT2D eigenvalue weighted by atomic mass is 19.3. The van der Waals surface area contributed by atoms with Gasteiger partial charge in [0.25, 0.3) is 0 Å². The maximum atomic E-state index is 12.5. The van der Waals surface area contributed by atoms with Crippen molar-refractivity contribution in [3.63, 3.8) is 0 Å². The zero-order valence-electron chi connectivity index (χ0n) is 13.3. The summed E-state index contributed by atoms with van der Waals surface area (Å²) in [6.07, 6.45) is 2.58. The number of benzene rings is 1. The number of carbonyl (C=O) groups excluding carboxylic acids is 1. The summed E-state index contributed by atoms with van der Waals surface area (Å²) in [5.41, 5.74) is 0.119. The number of nitrogens with zero attached hydrogens (tertiary/aromatic N) is 1. The molecule has 0 atom stereocenters. The van der Waals surface area contributed by atoms with Crippen molar-refractivity contribution in [1.82, 2.24) is 0 Å². The van der Waals surface area contributed by atoms with E-state index in [0.29, 0.717) is 5.56 Å². The van der Waals surface area contributed by atoms with Crippen LogP contribution in [0.15, 0.2) is 40.5 Å². The molecule has 0 radical (unpaired) electrons. The molecule has 1 heterocycles. The lowest BCUT2D eigenvalue weighted by atomic mass is 10.1. The summed E-state index contributed by atoms with van der Waals surface area (Å²) >= 11 is 0. The molecule has 0 unspecified atom stereocenters. The van der Waals surface area contributed by atoms with Crippen molar-refractivity contribution in [2.24, 2.45) is 0 Å². The van der Waals surface area contributed by atoms with Crippen LogP contribution >= 0.6 is 0 Å². The Hall–Kier alpha value is -3.34. The van der Waals surface area contributed by atoms with Crippen LogP contribution in [0.4, 0.5) is 8.78 Å². The van der Waals surface area contributed by atoms with Crippen LogP contribution in [0.1, 0.15) is 16.1 Å². The Bertz CT molecular complexity index is 797. The van der Waals surface area contributed by atoms with Gasteiger partial charge in [-0.3, -0.25) is 4.79 Å². The molecule has 25 heavy (non-hydrogen) atoms. The third-order valence-electron chi connectivity index (χ3n) is 3.11. The molecule has 2 rings (SSSR count). The number of Topliss-reactive ketones (excluding diaryl/α,β-unsaturated/α-hetero) is 1. The van der Waals surface area contributed by atoms with E-state index in [1.54, 1.807) is 6.07 Å². The molecule has 0 bridgehead atoms. The minimum Gasteiger partial charge on any atom is -0.493 e. The second-order valence-corrected chi connectivity index (χ2v) is 4.61. The second-order valence-electron chi connectivity index (χ2n) is 4.61. The van der Waals surface area contributed by atoms with Gasteiger partial charge in [0.1, 0.15) is 11.6 Å². The first-order chi connectivity index (χ1) is 12.0. The van der Waals surface area contributed by atoms with Crippen LogP contribution in [-0.2, 0) is 0 Å². The number of halogens is 2. The minimum absolute atomic E-state index is 0.00406. The number of alkyl halides is 2. The third-order valence-corrected chi connectivity index (χ3v) is 3.11. The molecule has 0 aliphatic heterocycles. The van der Waals surface area contributed by atoms with E-state index in [9.17, 15) is 18.8 Å². The van der Waals surface area contributed by atoms with Crippen LogP contribution in [0.3, 0.4) is 0 Å². The summed E-state index contributed by atoms with van der Waals surface area (Å²) in [5.74, 6) is -0.960. The number of rotatable bonds is 7. The smallest absolute Gasteiger partial charge is 0.387 e. The highest BCUT2D eigenvalue weighted by Crippen LogP contribution is 2.40. The maximum Gasteiger partial charge on any atom is 0.387 e. The SMILES string of the molecule is COc1cc(/C=C(\C#N)C(=O)c2ccco2)cc(OC)c1OC(F)F. The fourth-order valence-corrected chi connectivity index (χ4v) is 2.04. The first-order valence-corrected chi connectivity index (χ1v) is 6.91. The molecule has 8 heteroatoms. The largest absolute Gasteiger partial charge is 0.493 e. The van der Waals surface area contributed by atoms with Crippen molar-refractivity contribution in [3.05, 3.63) is 47.4 Å². The van der Waals surface area contributed by atoms with E-state index in [4.69, 9.17) is 13.9 Å². The summed E-state index contributed by atoms with van der Waals surface area (Å²) in [6.45, 7) is -3.07. The fourth-order valence-electron chi connectivity index (χ4n) is 2.04. The van der Waals surface area contributed by atoms with Crippen LogP contribution in [0.5, 0.6) is 17.2 Å². The molecule has 0 saturated carbocycles. The summed E-state index contributed by atoms with van der Waals surface area (Å²) in [6, 6.07) is 7.40. The first kappa shape index (κ1) is 18.0. The summed E-state index contributed by atoms with van der Waals surface area (Å²) in [7, 11) is 2.53. The number of nitriles is 1. The Morgan fingerprint density at radius 3 is 2.36 bits per heavy atom. The van der Waals surface area contributed by atoms with E-state index in [1.807, 2.05) is 0 Å². The van der Waals surface area contributed by atoms with Gasteiger partial charge in [0, 0.05) is 0 Å². The number of carbonyl (C=O) groups is 1. The Kier molecular flexibility index (Phi) is 5.74. The Balaban J connectivity index is 2.48. The van der Waals surface area contributed by atoms with Crippen LogP contribution in [0.25, 0.3) is 6.08 Å². The normalized spacial score (nSPS) is 11.1. The lowest BCUT2D eigenvalue weighted by Crippen LogP contribution is -2.06. The fraction of sp³-hybridized carbons (Fsp3) is 0.176. The first-order valence-electron chi connectivity index (χ1n) is 6.91. The van der Waals surface area contributed by atoms with Gasteiger partial charge in [-0.25, -0.2) is 0 Å². The van der Waals surface area contributed by atoms with Crippen LogP contribution in [0.2, 0.25) is 0 Å². The van der Waals surface area contributed by atoms with E-state index < -0.39 is 12.4 Å². The van der Waals surface area contributed by atoms with E-state index in [1.165, 1.54) is 50.8 Å². The average Bonchev–Trinajstić information content (AvgIpc) is 3.13. The monoisotopic (exact) mass is 349 g/mol. The molecular formula is C17H13F2NO5. The highest BCUT2D eigenvalue weighted by Gasteiger charge is 2.19. The van der Waals surface area contributed by atoms with E-state index in [-0.39, 0.29) is 28.6 Å².